The van der Waals surface area contributed by atoms with E-state index in [2.05, 4.69) is 25.7 Å². The average Bonchev–Trinajstić information content (AvgIpc) is 3.20. The Morgan fingerprint density at radius 1 is 1.38 bits per heavy atom. The van der Waals surface area contributed by atoms with Crippen LogP contribution in [0.25, 0.3) is 11.3 Å². The largest absolute Gasteiger partial charge is 0.334 e. The summed E-state index contributed by atoms with van der Waals surface area (Å²) < 4.78 is 14.7. The molecule has 0 saturated heterocycles. The van der Waals surface area contributed by atoms with Crippen LogP contribution in [-0.2, 0) is 6.54 Å². The number of hydrogen-bond donors (Lipinski definition) is 2. The molecule has 2 aromatic heterocycles. The van der Waals surface area contributed by atoms with Crippen LogP contribution in [0, 0.1) is 5.82 Å². The maximum atomic E-state index is 13.0. The Bertz CT molecular complexity index is 802. The van der Waals surface area contributed by atoms with Gasteiger partial charge >= 0.3 is 6.03 Å². The molecule has 2 N–H and O–H groups in total. The van der Waals surface area contributed by atoms with Gasteiger partial charge in [-0.15, -0.1) is 11.3 Å². The number of aromatic nitrogens is 4. The van der Waals surface area contributed by atoms with Crippen molar-refractivity contribution in [3.8, 4) is 11.3 Å². The molecule has 0 radical (unpaired) electrons. The monoisotopic (exact) mass is 346 g/mol. The highest BCUT2D eigenvalue weighted by atomic mass is 32.1. The number of hydrogen-bond acceptors (Lipinski definition) is 5. The normalized spacial score (nSPS) is 11.9. The minimum Gasteiger partial charge on any atom is -0.334 e. The van der Waals surface area contributed by atoms with Gasteiger partial charge < -0.3 is 5.32 Å². The molecule has 3 aromatic rings. The van der Waals surface area contributed by atoms with Crippen molar-refractivity contribution in [2.24, 2.45) is 0 Å². The molecule has 1 aromatic carbocycles. The molecule has 2 amide bonds. The number of nitrogens with zero attached hydrogens (tertiary/aromatic N) is 4. The highest BCUT2D eigenvalue weighted by Crippen LogP contribution is 2.30. The Kier molecular flexibility index (Phi) is 4.80. The van der Waals surface area contributed by atoms with Gasteiger partial charge in [-0.3, -0.25) is 10.00 Å². The summed E-state index contributed by atoms with van der Waals surface area (Å²) in [6.07, 6.45) is 3.03. The van der Waals surface area contributed by atoms with Crippen LogP contribution in [0.3, 0.4) is 0 Å². The van der Waals surface area contributed by atoms with E-state index in [1.54, 1.807) is 28.7 Å². The number of carbonyl (C=O) groups is 1. The number of rotatable bonds is 5. The van der Waals surface area contributed by atoms with E-state index in [-0.39, 0.29) is 17.9 Å². The molecule has 2 heterocycles. The predicted molar refractivity (Wildman–Crippen MR) is 89.1 cm³/mol. The molecule has 0 fully saturated rings. The summed E-state index contributed by atoms with van der Waals surface area (Å²) in [7, 11) is 0. The van der Waals surface area contributed by atoms with E-state index in [1.165, 1.54) is 29.8 Å². The van der Waals surface area contributed by atoms with E-state index in [1.807, 2.05) is 6.92 Å². The lowest BCUT2D eigenvalue weighted by molar-refractivity contribution is 0.247. The number of thiazole rings is 1. The van der Waals surface area contributed by atoms with Crippen molar-refractivity contribution in [2.45, 2.75) is 19.5 Å². The molecule has 124 valence electrons. The van der Waals surface area contributed by atoms with Crippen LogP contribution in [0.4, 0.5) is 14.2 Å². The molecule has 0 bridgehead atoms. The van der Waals surface area contributed by atoms with Crippen LogP contribution in [-0.4, -0.2) is 31.8 Å². The van der Waals surface area contributed by atoms with Crippen molar-refractivity contribution >= 4 is 22.4 Å². The molecule has 0 saturated carbocycles. The first-order valence-electron chi connectivity index (χ1n) is 7.21. The number of anilines is 1. The Morgan fingerprint density at radius 3 is 2.88 bits per heavy atom. The van der Waals surface area contributed by atoms with Crippen molar-refractivity contribution in [1.29, 1.82) is 0 Å². The molecule has 0 aliphatic rings. The minimum atomic E-state index is -0.338. The van der Waals surface area contributed by atoms with Crippen molar-refractivity contribution in [3.63, 3.8) is 0 Å². The zero-order chi connectivity index (χ0) is 16.9. The topological polar surface area (TPSA) is 84.7 Å². The molecule has 0 spiro atoms. The van der Waals surface area contributed by atoms with Gasteiger partial charge in [-0.05, 0) is 31.2 Å². The minimum absolute atomic E-state index is 0.131. The molecule has 0 unspecified atom stereocenters. The first kappa shape index (κ1) is 16.1. The predicted octanol–water partition coefficient (Wildman–Crippen LogP) is 2.75. The van der Waals surface area contributed by atoms with Gasteiger partial charge in [-0.2, -0.15) is 5.10 Å². The Morgan fingerprint density at radius 2 is 2.17 bits per heavy atom. The smallest absolute Gasteiger partial charge is 0.320 e. The lowest BCUT2D eigenvalue weighted by Crippen LogP contribution is -2.38. The van der Waals surface area contributed by atoms with E-state index in [0.717, 1.165) is 5.56 Å². The van der Waals surface area contributed by atoms with Crippen LogP contribution in [0.1, 0.15) is 6.92 Å². The number of carbonyl (C=O) groups excluding carboxylic acids is 1. The molecular formula is C15H15FN6OS. The zero-order valence-electron chi connectivity index (χ0n) is 12.8. The van der Waals surface area contributed by atoms with Gasteiger partial charge in [0.05, 0.1) is 12.1 Å². The fourth-order valence-electron chi connectivity index (χ4n) is 2.16. The summed E-state index contributed by atoms with van der Waals surface area (Å²) in [5.41, 5.74) is 2.98. The SMILES string of the molecule is C[C@@H](Cn1cncn1)NC(=O)Nc1scnc1-c1ccc(F)cc1. The number of amides is 2. The van der Waals surface area contributed by atoms with Gasteiger partial charge in [-0.25, -0.2) is 19.2 Å². The van der Waals surface area contributed by atoms with Crippen molar-refractivity contribution in [3.05, 3.63) is 48.2 Å². The third-order valence-electron chi connectivity index (χ3n) is 3.22. The van der Waals surface area contributed by atoms with Crippen molar-refractivity contribution < 1.29 is 9.18 Å². The summed E-state index contributed by atoms with van der Waals surface area (Å²) in [5.74, 6) is -0.317. The number of nitrogens with one attached hydrogen (secondary N) is 2. The van der Waals surface area contributed by atoms with Crippen molar-refractivity contribution in [2.75, 3.05) is 5.32 Å². The van der Waals surface area contributed by atoms with Crippen LogP contribution in [0.5, 0.6) is 0 Å². The van der Waals surface area contributed by atoms with E-state index in [0.29, 0.717) is 17.2 Å². The summed E-state index contributed by atoms with van der Waals surface area (Å²) in [6.45, 7) is 2.38. The molecule has 24 heavy (non-hydrogen) atoms. The van der Waals surface area contributed by atoms with Gasteiger partial charge in [0.1, 0.15) is 29.2 Å². The van der Waals surface area contributed by atoms with E-state index < -0.39 is 0 Å². The second-order valence-electron chi connectivity index (χ2n) is 5.15. The molecule has 3 rings (SSSR count). The molecule has 0 aliphatic carbocycles. The van der Waals surface area contributed by atoms with Gasteiger partial charge in [0.2, 0.25) is 0 Å². The van der Waals surface area contributed by atoms with E-state index in [9.17, 15) is 9.18 Å². The number of benzene rings is 1. The fraction of sp³-hybridized carbons (Fsp3) is 0.200. The van der Waals surface area contributed by atoms with Gasteiger partial charge in [-0.1, -0.05) is 0 Å². The third kappa shape index (κ3) is 3.93. The number of halogens is 1. The van der Waals surface area contributed by atoms with Crippen LogP contribution >= 0.6 is 11.3 Å². The van der Waals surface area contributed by atoms with Crippen LogP contribution in [0.15, 0.2) is 42.4 Å². The van der Waals surface area contributed by atoms with Crippen LogP contribution < -0.4 is 10.6 Å². The van der Waals surface area contributed by atoms with E-state index >= 15 is 0 Å². The molecule has 1 atom stereocenters. The van der Waals surface area contributed by atoms with Gasteiger partial charge in [0, 0.05) is 11.6 Å². The van der Waals surface area contributed by atoms with E-state index in [4.69, 9.17) is 0 Å². The van der Waals surface area contributed by atoms with Gasteiger partial charge in [0.25, 0.3) is 0 Å². The number of urea groups is 1. The quantitative estimate of drug-likeness (QED) is 0.744. The molecule has 9 heteroatoms. The Balaban J connectivity index is 1.63. The Hall–Kier alpha value is -2.81. The van der Waals surface area contributed by atoms with Crippen LogP contribution in [0.2, 0.25) is 0 Å². The lowest BCUT2D eigenvalue weighted by Gasteiger charge is -2.14. The summed E-state index contributed by atoms with van der Waals surface area (Å²) >= 11 is 1.30. The summed E-state index contributed by atoms with van der Waals surface area (Å²) in [4.78, 5) is 20.2. The maximum absolute atomic E-state index is 13.0. The Labute approximate surface area is 141 Å². The lowest BCUT2D eigenvalue weighted by atomic mass is 10.1. The maximum Gasteiger partial charge on any atom is 0.320 e. The third-order valence-corrected chi connectivity index (χ3v) is 3.96. The second-order valence-corrected chi connectivity index (χ2v) is 6.01. The van der Waals surface area contributed by atoms with Gasteiger partial charge in [0.15, 0.2) is 0 Å². The van der Waals surface area contributed by atoms with Crippen molar-refractivity contribution in [1.82, 2.24) is 25.1 Å². The average molecular weight is 346 g/mol. The second kappa shape index (κ2) is 7.18. The molecule has 7 nitrogen and oxygen atoms in total. The summed E-state index contributed by atoms with van der Waals surface area (Å²) in [5, 5.41) is 10.2. The first-order valence-corrected chi connectivity index (χ1v) is 8.09. The molecular weight excluding hydrogens is 331 g/mol. The zero-order valence-corrected chi connectivity index (χ0v) is 13.6. The highest BCUT2D eigenvalue weighted by Gasteiger charge is 2.14. The fourth-order valence-corrected chi connectivity index (χ4v) is 2.86. The summed E-state index contributed by atoms with van der Waals surface area (Å²) in [6, 6.07) is 5.50. The molecule has 0 aliphatic heterocycles. The highest BCUT2D eigenvalue weighted by molar-refractivity contribution is 7.14. The standard InChI is InChI=1S/C15H15FN6OS/c1-10(6-22-8-17-7-19-22)20-15(23)21-14-13(18-9-24-14)11-2-4-12(16)5-3-11/h2-5,7-10H,6H2,1H3,(H2,20,21,23)/t10-/m0/s1. The first-order chi connectivity index (χ1) is 11.6.